The average molecular weight is 404 g/mol. The molecular weight excluding hydrogens is 378 g/mol. The molecule has 1 aliphatic heterocycles. The Morgan fingerprint density at radius 3 is 2.18 bits per heavy atom. The van der Waals surface area contributed by atoms with Gasteiger partial charge in [0, 0.05) is 30.2 Å². The van der Waals surface area contributed by atoms with Crippen molar-refractivity contribution in [3.05, 3.63) is 48.5 Å². The molecule has 0 aliphatic carbocycles. The van der Waals surface area contributed by atoms with E-state index in [1.807, 2.05) is 12.1 Å². The number of hydrogen-bond donors (Lipinski definition) is 2. The number of methoxy groups -OCH3 is 1. The maximum Gasteiger partial charge on any atom is 0.241 e. The van der Waals surface area contributed by atoms with Crippen LogP contribution in [0.25, 0.3) is 0 Å². The highest BCUT2D eigenvalue weighted by Crippen LogP contribution is 2.22. The molecule has 2 N–H and O–H groups in total. The van der Waals surface area contributed by atoms with Gasteiger partial charge in [0.2, 0.25) is 15.9 Å². The van der Waals surface area contributed by atoms with Crippen LogP contribution in [0.2, 0.25) is 0 Å². The Kier molecular flexibility index (Phi) is 6.41. The van der Waals surface area contributed by atoms with Gasteiger partial charge < -0.3 is 15.0 Å². The summed E-state index contributed by atoms with van der Waals surface area (Å²) in [6, 6.07) is 13.9. The summed E-state index contributed by atoms with van der Waals surface area (Å²) in [5, 5.41) is 2.57. The maximum atomic E-state index is 12.3. The molecular formula is C20H25N3O4S. The Bertz CT molecular complexity index is 890. The summed E-state index contributed by atoms with van der Waals surface area (Å²) in [6.07, 6.45) is 3.61. The van der Waals surface area contributed by atoms with Crippen LogP contribution in [-0.2, 0) is 14.8 Å². The Labute approximate surface area is 165 Å². The van der Waals surface area contributed by atoms with Crippen molar-refractivity contribution in [1.82, 2.24) is 0 Å². The van der Waals surface area contributed by atoms with Crippen molar-refractivity contribution in [1.29, 1.82) is 0 Å². The first-order valence-corrected chi connectivity index (χ1v) is 10.9. The Morgan fingerprint density at radius 1 is 0.964 bits per heavy atom. The number of ether oxygens (including phenoxy) is 1. The van der Waals surface area contributed by atoms with E-state index in [4.69, 9.17) is 4.74 Å². The van der Waals surface area contributed by atoms with E-state index in [9.17, 15) is 13.2 Å². The lowest BCUT2D eigenvalue weighted by atomic mass is 10.1. The number of benzene rings is 2. The number of nitrogens with one attached hydrogen (secondary N) is 2. The number of sulfonamides is 1. The van der Waals surface area contributed by atoms with E-state index in [0.717, 1.165) is 18.8 Å². The van der Waals surface area contributed by atoms with Gasteiger partial charge >= 0.3 is 0 Å². The summed E-state index contributed by atoms with van der Waals surface area (Å²) in [7, 11) is -2.26. The first-order valence-electron chi connectivity index (χ1n) is 9.24. The van der Waals surface area contributed by atoms with Crippen LogP contribution in [0.4, 0.5) is 17.1 Å². The van der Waals surface area contributed by atoms with Crippen molar-refractivity contribution in [3.8, 4) is 5.75 Å². The fourth-order valence-corrected chi connectivity index (χ4v) is 4.14. The fourth-order valence-electron chi connectivity index (χ4n) is 3.15. The van der Waals surface area contributed by atoms with Gasteiger partial charge in [-0.25, -0.2) is 8.42 Å². The highest BCUT2D eigenvalue weighted by atomic mass is 32.2. The van der Waals surface area contributed by atoms with Crippen molar-refractivity contribution in [2.24, 2.45) is 0 Å². The van der Waals surface area contributed by atoms with Gasteiger partial charge in [-0.05, 0) is 67.8 Å². The van der Waals surface area contributed by atoms with E-state index in [2.05, 4.69) is 14.9 Å². The lowest BCUT2D eigenvalue weighted by molar-refractivity contribution is -0.113. The molecule has 0 saturated carbocycles. The van der Waals surface area contributed by atoms with Crippen molar-refractivity contribution in [2.45, 2.75) is 19.3 Å². The summed E-state index contributed by atoms with van der Waals surface area (Å²) in [5.74, 6) is -0.615. The van der Waals surface area contributed by atoms with Gasteiger partial charge in [-0.15, -0.1) is 0 Å². The van der Waals surface area contributed by atoms with E-state index < -0.39 is 21.7 Å². The van der Waals surface area contributed by atoms with Gasteiger partial charge in [-0.1, -0.05) is 0 Å². The second kappa shape index (κ2) is 8.97. The highest BCUT2D eigenvalue weighted by molar-refractivity contribution is 7.93. The molecule has 3 rings (SSSR count). The van der Waals surface area contributed by atoms with Gasteiger partial charge in [-0.3, -0.25) is 9.52 Å². The molecule has 0 atom stereocenters. The zero-order chi connectivity index (χ0) is 20.0. The Hall–Kier alpha value is -2.74. The van der Waals surface area contributed by atoms with Crippen LogP contribution in [0.1, 0.15) is 19.3 Å². The topological polar surface area (TPSA) is 87.7 Å². The van der Waals surface area contributed by atoms with Gasteiger partial charge in [0.15, 0.2) is 0 Å². The smallest absolute Gasteiger partial charge is 0.241 e. The maximum absolute atomic E-state index is 12.3. The largest absolute Gasteiger partial charge is 0.497 e. The molecule has 8 heteroatoms. The van der Waals surface area contributed by atoms with E-state index in [-0.39, 0.29) is 0 Å². The zero-order valence-corrected chi connectivity index (χ0v) is 16.7. The summed E-state index contributed by atoms with van der Waals surface area (Å²) >= 11 is 0. The number of hydrogen-bond acceptors (Lipinski definition) is 5. The minimum atomic E-state index is -3.80. The average Bonchev–Trinajstić information content (AvgIpc) is 2.69. The van der Waals surface area contributed by atoms with Crippen LogP contribution < -0.4 is 19.7 Å². The van der Waals surface area contributed by atoms with Crippen molar-refractivity contribution in [3.63, 3.8) is 0 Å². The molecule has 28 heavy (non-hydrogen) atoms. The SMILES string of the molecule is COc1ccc(NC(=O)CS(=O)(=O)Nc2ccc(N3CCCCC3)cc2)cc1. The molecule has 0 bridgehead atoms. The van der Waals surface area contributed by atoms with Crippen molar-refractivity contribution >= 4 is 33.0 Å². The summed E-state index contributed by atoms with van der Waals surface area (Å²) in [5.41, 5.74) is 2.03. The minimum absolute atomic E-state index is 0.443. The Balaban J connectivity index is 1.55. The monoisotopic (exact) mass is 403 g/mol. The van der Waals surface area contributed by atoms with Crippen molar-refractivity contribution in [2.75, 3.05) is 40.9 Å². The lowest BCUT2D eigenvalue weighted by Crippen LogP contribution is -2.29. The minimum Gasteiger partial charge on any atom is -0.497 e. The third-order valence-corrected chi connectivity index (χ3v) is 5.75. The second-order valence-corrected chi connectivity index (χ2v) is 8.45. The molecule has 0 spiro atoms. The van der Waals surface area contributed by atoms with Crippen LogP contribution in [0.15, 0.2) is 48.5 Å². The van der Waals surface area contributed by atoms with Gasteiger partial charge in [0.1, 0.15) is 11.5 Å². The molecule has 1 aliphatic rings. The normalized spacial score (nSPS) is 14.4. The van der Waals surface area contributed by atoms with E-state index in [1.165, 1.54) is 19.3 Å². The predicted octanol–water partition coefficient (Wildman–Crippen LogP) is 3.07. The third-order valence-electron chi connectivity index (χ3n) is 4.56. The summed E-state index contributed by atoms with van der Waals surface area (Å²) in [4.78, 5) is 14.4. The van der Waals surface area contributed by atoms with Crippen LogP contribution in [0.5, 0.6) is 5.75 Å². The second-order valence-electron chi connectivity index (χ2n) is 6.73. The number of rotatable bonds is 7. The molecule has 2 aromatic rings. The van der Waals surface area contributed by atoms with Crippen LogP contribution in [-0.4, -0.2) is 40.3 Å². The first kappa shape index (κ1) is 20.0. The molecule has 7 nitrogen and oxygen atoms in total. The summed E-state index contributed by atoms with van der Waals surface area (Å²) in [6.45, 7) is 2.05. The summed E-state index contributed by atoms with van der Waals surface area (Å²) < 4.78 is 32.1. The number of anilines is 3. The van der Waals surface area contributed by atoms with E-state index in [0.29, 0.717) is 17.1 Å². The number of carbonyl (C=O) groups excluding carboxylic acids is 1. The number of piperidine rings is 1. The van der Waals surface area contributed by atoms with Crippen LogP contribution in [0, 0.1) is 0 Å². The van der Waals surface area contributed by atoms with Gasteiger partial charge in [0.05, 0.1) is 7.11 Å². The number of nitrogens with zero attached hydrogens (tertiary/aromatic N) is 1. The predicted molar refractivity (Wildman–Crippen MR) is 112 cm³/mol. The third kappa shape index (κ3) is 5.63. The molecule has 2 aromatic carbocycles. The molecule has 1 amide bonds. The highest BCUT2D eigenvalue weighted by Gasteiger charge is 2.17. The molecule has 1 heterocycles. The molecule has 150 valence electrons. The van der Waals surface area contributed by atoms with Gasteiger partial charge in [0.25, 0.3) is 0 Å². The van der Waals surface area contributed by atoms with Crippen LogP contribution >= 0.6 is 0 Å². The first-order chi connectivity index (χ1) is 13.4. The number of carbonyl (C=O) groups is 1. The molecule has 0 radical (unpaired) electrons. The van der Waals surface area contributed by atoms with E-state index in [1.54, 1.807) is 43.5 Å². The fraction of sp³-hybridized carbons (Fsp3) is 0.350. The molecule has 1 saturated heterocycles. The zero-order valence-electron chi connectivity index (χ0n) is 15.8. The van der Waals surface area contributed by atoms with E-state index >= 15 is 0 Å². The Morgan fingerprint density at radius 2 is 1.57 bits per heavy atom. The van der Waals surface area contributed by atoms with Crippen LogP contribution in [0.3, 0.4) is 0 Å². The van der Waals surface area contributed by atoms with Crippen molar-refractivity contribution < 1.29 is 17.9 Å². The van der Waals surface area contributed by atoms with Gasteiger partial charge in [-0.2, -0.15) is 0 Å². The molecule has 0 unspecified atom stereocenters. The molecule has 1 fully saturated rings. The standard InChI is InChI=1S/C20H25N3O4S/c1-27-19-11-7-16(8-12-19)21-20(24)15-28(25,26)22-17-5-9-18(10-6-17)23-13-3-2-4-14-23/h5-12,22H,2-4,13-15H2,1H3,(H,21,24). The lowest BCUT2D eigenvalue weighted by Gasteiger charge is -2.28. The quantitative estimate of drug-likeness (QED) is 0.742. The number of amides is 1. The molecule has 0 aromatic heterocycles.